The number of benzene rings is 9. The molecule has 2 aliphatic heterocycles. The molecule has 0 amide bonds. The monoisotopic (exact) mass is 1040 g/mol. The van der Waals surface area contributed by atoms with E-state index < -0.39 is 0 Å². The highest BCUT2D eigenvalue weighted by Crippen LogP contribution is 2.53. The first-order valence-corrected chi connectivity index (χ1v) is 28.0. The van der Waals surface area contributed by atoms with Gasteiger partial charge in [0.1, 0.15) is 33.9 Å². The second-order valence-electron chi connectivity index (χ2n) is 24.3. The van der Waals surface area contributed by atoms with Crippen molar-refractivity contribution in [3.63, 3.8) is 0 Å². The van der Waals surface area contributed by atoms with Gasteiger partial charge >= 0.3 is 0 Å². The Morgan fingerprint density at radius 3 is 1.20 bits per heavy atom. The van der Waals surface area contributed by atoms with Gasteiger partial charge in [-0.15, -0.1) is 0 Å². The molecule has 6 nitrogen and oxygen atoms in total. The van der Waals surface area contributed by atoms with Crippen LogP contribution in [-0.4, -0.2) is 6.71 Å². The normalized spacial score (nSPS) is 13.3. The highest BCUT2D eigenvalue weighted by Gasteiger charge is 2.50. The Kier molecular flexibility index (Phi) is 10.6. The lowest BCUT2D eigenvalue weighted by Crippen LogP contribution is -2.61. The minimum atomic E-state index is -0.316. The summed E-state index contributed by atoms with van der Waals surface area (Å²) in [7, 11) is 0. The van der Waals surface area contributed by atoms with Crippen molar-refractivity contribution in [3.05, 3.63) is 223 Å². The van der Waals surface area contributed by atoms with E-state index in [0.717, 1.165) is 134 Å². The van der Waals surface area contributed by atoms with Crippen LogP contribution in [0.5, 0.6) is 0 Å². The van der Waals surface area contributed by atoms with Crippen LogP contribution < -0.4 is 26.2 Å². The maximum Gasteiger partial charge on any atom is 0.262 e. The molecule has 0 fully saturated rings. The first-order valence-electron chi connectivity index (χ1n) is 28.0. The van der Waals surface area contributed by atoms with E-state index in [-0.39, 0.29) is 23.5 Å². The fourth-order valence-electron chi connectivity index (χ4n) is 12.5. The Morgan fingerprint density at radius 1 is 0.362 bits per heavy atom. The summed E-state index contributed by atoms with van der Waals surface area (Å²) in [5.41, 5.74) is 20.4. The number of nitrogens with zero attached hydrogens (tertiary/aromatic N) is 2. The molecule has 0 aliphatic carbocycles. The number of hydrogen-bond acceptors (Lipinski definition) is 6. The maximum absolute atomic E-state index is 7.57. The lowest BCUT2D eigenvalue weighted by Gasteiger charge is -2.42. The summed E-state index contributed by atoms with van der Waals surface area (Å²) in [6.45, 7) is 18.0. The largest absolute Gasteiger partial charge is 0.456 e. The van der Waals surface area contributed by atoms with Crippen molar-refractivity contribution in [1.82, 2.24) is 0 Å². The minimum absolute atomic E-state index is 0.138. The van der Waals surface area contributed by atoms with Crippen molar-refractivity contribution in [3.8, 4) is 44.9 Å². The predicted octanol–water partition coefficient (Wildman–Crippen LogP) is 19.1. The first kappa shape index (κ1) is 48.0. The van der Waals surface area contributed by atoms with Gasteiger partial charge in [-0.1, -0.05) is 189 Å². The standard InChI is InChI=1S/C73H59BN2O4/c1-43(2)50-37-59-69-60(38-50)76(58-36-49(28-32-54(58)45-21-13-10-14-22-45)66-40-47-24-16-18-26-62(47)78-66)71-68(56-42-52(73(6,7)8)30-34-64(56)80-71)74(69)67-55-41-51(72(3,4)5)29-33-63(55)79-70(67)75(59)57-35-48(27-31-53(57)44-19-11-9-12-20-44)65-39-46-23-15-17-25-61(46)77-65/h9-43H,1-8H3. The van der Waals surface area contributed by atoms with Crippen LogP contribution in [0.4, 0.5) is 34.5 Å². The lowest BCUT2D eigenvalue weighted by molar-refractivity contribution is 0.589. The average Bonchev–Trinajstić information content (AvgIpc) is 4.45. The highest BCUT2D eigenvalue weighted by molar-refractivity contribution is 7.02. The number of fused-ring (bicyclic) bond motifs is 10. The zero-order valence-corrected chi connectivity index (χ0v) is 46.3. The summed E-state index contributed by atoms with van der Waals surface area (Å²) >= 11 is 0. The van der Waals surface area contributed by atoms with E-state index in [9.17, 15) is 0 Å². The molecule has 7 heteroatoms. The van der Waals surface area contributed by atoms with Gasteiger partial charge < -0.3 is 17.7 Å². The van der Waals surface area contributed by atoms with Crippen molar-refractivity contribution < 1.29 is 17.7 Å². The van der Waals surface area contributed by atoms with E-state index in [1.54, 1.807) is 0 Å². The second-order valence-corrected chi connectivity index (χ2v) is 24.3. The van der Waals surface area contributed by atoms with Gasteiger partial charge in [-0.05, 0) is 123 Å². The Labute approximate surface area is 466 Å². The van der Waals surface area contributed by atoms with E-state index in [0.29, 0.717) is 0 Å². The molecule has 80 heavy (non-hydrogen) atoms. The van der Waals surface area contributed by atoms with Crippen LogP contribution in [0.1, 0.15) is 78.0 Å². The smallest absolute Gasteiger partial charge is 0.262 e. The molecule has 6 heterocycles. The summed E-state index contributed by atoms with van der Waals surface area (Å²) in [6, 6.07) is 74.4. The molecule has 0 bridgehead atoms. The topological polar surface area (TPSA) is 59.0 Å². The minimum Gasteiger partial charge on any atom is -0.456 e. The SMILES string of the molecule is CC(C)c1cc2c3c(c1)N(c1cc(-c4cc5ccccc5o4)ccc1-c1ccccc1)c1oc4ccc(C(C)(C)C)cc4c1B3c1c(oc3ccc(C(C)(C)C)cc13)N2c1cc(-c2cc3ccccc3o2)ccc1-c1ccccc1. The number of furan rings is 4. The zero-order chi connectivity index (χ0) is 54.3. The fraction of sp³-hybridized carbons (Fsp3) is 0.151. The summed E-state index contributed by atoms with van der Waals surface area (Å²) in [6.07, 6.45) is 0. The molecule has 13 aromatic rings. The molecule has 9 aromatic carbocycles. The Morgan fingerprint density at radius 2 is 0.787 bits per heavy atom. The van der Waals surface area contributed by atoms with Crippen LogP contribution in [0, 0.1) is 0 Å². The maximum atomic E-state index is 7.57. The number of hydrogen-bond donors (Lipinski definition) is 0. The average molecular weight is 1040 g/mol. The Hall–Kier alpha value is -9.20. The van der Waals surface area contributed by atoms with Crippen LogP contribution in [0.15, 0.2) is 224 Å². The molecule has 4 aromatic heterocycles. The second kappa shape index (κ2) is 17.7. The molecule has 0 saturated heterocycles. The van der Waals surface area contributed by atoms with E-state index in [1.165, 1.54) is 22.2 Å². The van der Waals surface area contributed by atoms with Crippen molar-refractivity contribution >= 4 is 101 Å². The summed E-state index contributed by atoms with van der Waals surface area (Å²) in [5.74, 6) is 3.31. The van der Waals surface area contributed by atoms with E-state index in [4.69, 9.17) is 17.7 Å². The molecule has 2 aliphatic rings. The summed E-state index contributed by atoms with van der Waals surface area (Å²) < 4.78 is 28.5. The van der Waals surface area contributed by atoms with Gasteiger partial charge in [0.25, 0.3) is 6.71 Å². The summed E-state index contributed by atoms with van der Waals surface area (Å²) in [4.78, 5) is 4.88. The van der Waals surface area contributed by atoms with Crippen molar-refractivity contribution in [1.29, 1.82) is 0 Å². The van der Waals surface area contributed by atoms with Gasteiger partial charge in [0.15, 0.2) is 0 Å². The van der Waals surface area contributed by atoms with E-state index in [2.05, 4.69) is 247 Å². The molecular formula is C73H59BN2O4. The molecular weight excluding hydrogens is 980 g/mol. The molecule has 0 unspecified atom stereocenters. The third-order valence-electron chi connectivity index (χ3n) is 16.8. The van der Waals surface area contributed by atoms with Crippen LogP contribution in [0.25, 0.3) is 88.8 Å². The van der Waals surface area contributed by atoms with Gasteiger partial charge in [-0.3, -0.25) is 9.80 Å². The molecule has 388 valence electrons. The molecule has 0 saturated carbocycles. The van der Waals surface area contributed by atoms with Crippen LogP contribution in [-0.2, 0) is 10.8 Å². The van der Waals surface area contributed by atoms with Gasteiger partial charge in [0.2, 0.25) is 11.8 Å². The zero-order valence-electron chi connectivity index (χ0n) is 46.3. The van der Waals surface area contributed by atoms with Crippen LogP contribution >= 0.6 is 0 Å². The molecule has 0 spiro atoms. The van der Waals surface area contributed by atoms with Gasteiger partial charge in [0, 0.05) is 66.1 Å². The van der Waals surface area contributed by atoms with E-state index in [1.807, 2.05) is 24.3 Å². The van der Waals surface area contributed by atoms with Crippen LogP contribution in [0.2, 0.25) is 0 Å². The number of rotatable bonds is 7. The molecule has 0 atom stereocenters. The third-order valence-corrected chi connectivity index (χ3v) is 16.8. The van der Waals surface area contributed by atoms with Crippen molar-refractivity contribution in [2.45, 2.75) is 72.1 Å². The quantitative estimate of drug-likeness (QED) is 0.148. The Bertz CT molecular complexity index is 4260. The van der Waals surface area contributed by atoms with Crippen molar-refractivity contribution in [2.75, 3.05) is 9.80 Å². The van der Waals surface area contributed by atoms with Gasteiger partial charge in [0.05, 0.1) is 11.4 Å². The predicted molar refractivity (Wildman–Crippen MR) is 333 cm³/mol. The van der Waals surface area contributed by atoms with Crippen molar-refractivity contribution in [2.24, 2.45) is 0 Å². The van der Waals surface area contributed by atoms with Crippen LogP contribution in [0.3, 0.4) is 0 Å². The Balaban J connectivity index is 1.10. The number of para-hydroxylation sites is 2. The summed E-state index contributed by atoms with van der Waals surface area (Å²) in [5, 5.41) is 4.28. The van der Waals surface area contributed by atoms with Gasteiger partial charge in [-0.25, -0.2) is 0 Å². The molecule has 15 rings (SSSR count). The molecule has 0 radical (unpaired) electrons. The first-order chi connectivity index (χ1) is 38.7. The van der Waals surface area contributed by atoms with Gasteiger partial charge in [-0.2, -0.15) is 0 Å². The van der Waals surface area contributed by atoms with E-state index >= 15 is 0 Å². The molecule has 0 N–H and O–H groups in total. The lowest BCUT2D eigenvalue weighted by atomic mass is 9.33. The third kappa shape index (κ3) is 7.54. The highest BCUT2D eigenvalue weighted by atomic mass is 16.4. The number of anilines is 6. The fourth-order valence-corrected chi connectivity index (χ4v) is 12.5.